The molecule has 1 amide bonds. The van der Waals surface area contributed by atoms with Gasteiger partial charge in [0.25, 0.3) is 0 Å². The van der Waals surface area contributed by atoms with Crippen molar-refractivity contribution in [3.05, 3.63) is 30.3 Å². The van der Waals surface area contributed by atoms with E-state index in [0.717, 1.165) is 4.31 Å². The Morgan fingerprint density at radius 3 is 2.42 bits per heavy atom. The standard InChI is InChI=1S/C11H17N3O3S.ClH/c1-14(9-11(15)13-8-7-12)18(16,17)10-5-3-2-4-6-10;/h2-6H,7-9,12H2,1H3,(H,13,15);1H. The van der Waals surface area contributed by atoms with Gasteiger partial charge in [0, 0.05) is 20.1 Å². The summed E-state index contributed by atoms with van der Waals surface area (Å²) < 4.78 is 25.1. The highest BCUT2D eigenvalue weighted by Crippen LogP contribution is 2.12. The maximum Gasteiger partial charge on any atom is 0.243 e. The highest BCUT2D eigenvalue weighted by Gasteiger charge is 2.22. The Bertz CT molecular complexity index is 493. The van der Waals surface area contributed by atoms with E-state index in [4.69, 9.17) is 5.73 Å². The third kappa shape index (κ3) is 5.15. The molecule has 108 valence electrons. The van der Waals surface area contributed by atoms with Crippen molar-refractivity contribution < 1.29 is 13.2 Å². The van der Waals surface area contributed by atoms with Crippen molar-refractivity contribution in [2.45, 2.75) is 4.90 Å². The summed E-state index contributed by atoms with van der Waals surface area (Å²) in [5.74, 6) is -0.373. The maximum absolute atomic E-state index is 12.1. The zero-order chi connectivity index (χ0) is 13.6. The Morgan fingerprint density at radius 2 is 1.89 bits per heavy atom. The van der Waals surface area contributed by atoms with Gasteiger partial charge in [0.15, 0.2) is 0 Å². The SMILES string of the molecule is CN(CC(=O)NCCN)S(=O)(=O)c1ccccc1.Cl. The first-order valence-electron chi connectivity index (χ1n) is 5.46. The van der Waals surface area contributed by atoms with Gasteiger partial charge >= 0.3 is 0 Å². The Labute approximate surface area is 119 Å². The summed E-state index contributed by atoms with van der Waals surface area (Å²) in [6.07, 6.45) is 0. The molecule has 1 aromatic rings. The third-order valence-electron chi connectivity index (χ3n) is 2.28. The van der Waals surface area contributed by atoms with Crippen LogP contribution >= 0.6 is 12.4 Å². The van der Waals surface area contributed by atoms with Gasteiger partial charge in [-0.15, -0.1) is 12.4 Å². The molecule has 6 nitrogen and oxygen atoms in total. The molecule has 19 heavy (non-hydrogen) atoms. The average molecular weight is 308 g/mol. The number of nitrogens with zero attached hydrogens (tertiary/aromatic N) is 1. The smallest absolute Gasteiger partial charge is 0.243 e. The number of halogens is 1. The summed E-state index contributed by atoms with van der Waals surface area (Å²) in [5.41, 5.74) is 5.24. The second-order valence-electron chi connectivity index (χ2n) is 3.71. The first-order chi connectivity index (χ1) is 8.48. The number of amides is 1. The topological polar surface area (TPSA) is 92.5 Å². The van der Waals surface area contributed by atoms with Crippen LogP contribution in [0.2, 0.25) is 0 Å². The van der Waals surface area contributed by atoms with Crippen LogP contribution in [0, 0.1) is 0 Å². The molecular weight excluding hydrogens is 290 g/mol. The van der Waals surface area contributed by atoms with Gasteiger partial charge in [-0.25, -0.2) is 8.42 Å². The molecule has 0 atom stereocenters. The number of carbonyl (C=O) groups excluding carboxylic acids is 1. The van der Waals surface area contributed by atoms with Gasteiger partial charge in [-0.1, -0.05) is 18.2 Å². The van der Waals surface area contributed by atoms with Gasteiger partial charge in [0.1, 0.15) is 0 Å². The van der Waals surface area contributed by atoms with Crippen LogP contribution in [0.4, 0.5) is 0 Å². The van der Waals surface area contributed by atoms with Gasteiger partial charge in [0.05, 0.1) is 11.4 Å². The summed E-state index contributed by atoms with van der Waals surface area (Å²) >= 11 is 0. The first kappa shape index (κ1) is 17.8. The second-order valence-corrected chi connectivity index (χ2v) is 5.76. The van der Waals surface area contributed by atoms with Crippen molar-refractivity contribution >= 4 is 28.3 Å². The van der Waals surface area contributed by atoms with Crippen LogP contribution in [0.1, 0.15) is 0 Å². The molecule has 0 bridgehead atoms. The minimum absolute atomic E-state index is 0. The molecule has 0 aliphatic rings. The Morgan fingerprint density at radius 1 is 1.32 bits per heavy atom. The summed E-state index contributed by atoms with van der Waals surface area (Å²) in [4.78, 5) is 11.6. The molecule has 0 aromatic heterocycles. The van der Waals surface area contributed by atoms with E-state index in [-0.39, 0.29) is 29.8 Å². The molecule has 1 rings (SSSR count). The highest BCUT2D eigenvalue weighted by molar-refractivity contribution is 7.89. The van der Waals surface area contributed by atoms with Crippen molar-refractivity contribution in [1.29, 1.82) is 0 Å². The fourth-order valence-corrected chi connectivity index (χ4v) is 2.48. The largest absolute Gasteiger partial charge is 0.354 e. The van der Waals surface area contributed by atoms with Crippen LogP contribution in [0.5, 0.6) is 0 Å². The number of carbonyl (C=O) groups is 1. The van der Waals surface area contributed by atoms with E-state index >= 15 is 0 Å². The van der Waals surface area contributed by atoms with E-state index in [1.165, 1.54) is 19.2 Å². The van der Waals surface area contributed by atoms with Crippen molar-refractivity contribution in [2.24, 2.45) is 5.73 Å². The molecular formula is C11H18ClN3O3S. The summed E-state index contributed by atoms with van der Waals surface area (Å²) in [5, 5.41) is 2.52. The van der Waals surface area contributed by atoms with Crippen molar-refractivity contribution in [3.63, 3.8) is 0 Å². The Balaban J connectivity index is 0.00000324. The van der Waals surface area contributed by atoms with E-state index in [1.54, 1.807) is 18.2 Å². The van der Waals surface area contributed by atoms with Crippen molar-refractivity contribution in [2.75, 3.05) is 26.7 Å². The number of benzene rings is 1. The molecule has 8 heteroatoms. The fourth-order valence-electron chi connectivity index (χ4n) is 1.33. The number of sulfonamides is 1. The average Bonchev–Trinajstić information content (AvgIpc) is 2.37. The lowest BCUT2D eigenvalue weighted by molar-refractivity contribution is -0.121. The fraction of sp³-hybridized carbons (Fsp3) is 0.364. The zero-order valence-electron chi connectivity index (χ0n) is 10.6. The van der Waals surface area contributed by atoms with E-state index < -0.39 is 10.0 Å². The van der Waals surface area contributed by atoms with Gasteiger partial charge in [0.2, 0.25) is 15.9 Å². The number of nitrogens with one attached hydrogen (secondary N) is 1. The Hall–Kier alpha value is -1.15. The van der Waals surface area contributed by atoms with E-state index in [9.17, 15) is 13.2 Å². The van der Waals surface area contributed by atoms with Gasteiger partial charge in [-0.3, -0.25) is 4.79 Å². The number of likely N-dealkylation sites (N-methyl/N-ethyl adjacent to an activating group) is 1. The van der Waals surface area contributed by atoms with Crippen LogP contribution < -0.4 is 11.1 Å². The lowest BCUT2D eigenvalue weighted by atomic mass is 10.4. The third-order valence-corrected chi connectivity index (χ3v) is 4.10. The maximum atomic E-state index is 12.1. The van der Waals surface area contributed by atoms with E-state index in [2.05, 4.69) is 5.32 Å². The number of hydrogen-bond acceptors (Lipinski definition) is 4. The molecule has 0 radical (unpaired) electrons. The van der Waals surface area contributed by atoms with E-state index in [1.807, 2.05) is 0 Å². The molecule has 0 aliphatic heterocycles. The zero-order valence-corrected chi connectivity index (χ0v) is 12.2. The van der Waals surface area contributed by atoms with Gasteiger partial charge in [-0.05, 0) is 12.1 Å². The number of hydrogen-bond donors (Lipinski definition) is 2. The van der Waals surface area contributed by atoms with Crippen LogP contribution in [0.15, 0.2) is 35.2 Å². The molecule has 0 saturated heterocycles. The van der Waals surface area contributed by atoms with Crippen LogP contribution in [-0.2, 0) is 14.8 Å². The molecule has 0 unspecified atom stereocenters. The van der Waals surface area contributed by atoms with Gasteiger partial charge < -0.3 is 11.1 Å². The minimum Gasteiger partial charge on any atom is -0.354 e. The van der Waals surface area contributed by atoms with Crippen molar-refractivity contribution in [3.8, 4) is 0 Å². The highest BCUT2D eigenvalue weighted by atomic mass is 35.5. The predicted octanol–water partition coefficient (Wildman–Crippen LogP) is -0.196. The molecule has 0 fully saturated rings. The first-order valence-corrected chi connectivity index (χ1v) is 6.90. The molecule has 0 heterocycles. The lowest BCUT2D eigenvalue weighted by Crippen LogP contribution is -2.39. The quantitative estimate of drug-likeness (QED) is 0.761. The van der Waals surface area contributed by atoms with Crippen LogP contribution in [0.3, 0.4) is 0 Å². The number of nitrogens with two attached hydrogens (primary N) is 1. The van der Waals surface area contributed by atoms with Crippen LogP contribution in [0.25, 0.3) is 0 Å². The minimum atomic E-state index is -3.62. The molecule has 1 aromatic carbocycles. The Kier molecular flexibility index (Phi) is 7.62. The van der Waals surface area contributed by atoms with Gasteiger partial charge in [-0.2, -0.15) is 4.31 Å². The normalized spacial score (nSPS) is 10.9. The van der Waals surface area contributed by atoms with E-state index in [0.29, 0.717) is 13.1 Å². The predicted molar refractivity (Wildman–Crippen MR) is 75.6 cm³/mol. The molecule has 0 aliphatic carbocycles. The molecule has 0 spiro atoms. The molecule has 0 saturated carbocycles. The summed E-state index contributed by atoms with van der Waals surface area (Å²) in [6, 6.07) is 7.98. The summed E-state index contributed by atoms with van der Waals surface area (Å²) in [6.45, 7) is 0.427. The monoisotopic (exact) mass is 307 g/mol. The van der Waals surface area contributed by atoms with Crippen molar-refractivity contribution in [1.82, 2.24) is 9.62 Å². The summed E-state index contributed by atoms with van der Waals surface area (Å²) in [7, 11) is -2.25. The lowest BCUT2D eigenvalue weighted by Gasteiger charge is -2.16. The van der Waals surface area contributed by atoms with Crippen LogP contribution in [-0.4, -0.2) is 45.3 Å². The number of rotatable bonds is 6. The molecule has 3 N–H and O–H groups in total. The second kappa shape index (κ2) is 8.11.